The lowest BCUT2D eigenvalue weighted by Gasteiger charge is -1.91. The maximum Gasteiger partial charge on any atom is 0.0468 e. The maximum atomic E-state index is 8.47. The van der Waals surface area contributed by atoms with Gasteiger partial charge in [0.25, 0.3) is 0 Å². The topological polar surface area (TPSA) is 20.2 Å². The first-order chi connectivity index (χ1) is 4.31. The molecule has 0 saturated heterocycles. The lowest BCUT2D eigenvalue weighted by molar-refractivity contribution is 0.299. The minimum Gasteiger partial charge on any atom is -0.396 e. The Kier molecular flexibility index (Phi) is 5.23. The highest BCUT2D eigenvalue weighted by molar-refractivity contribution is 5.09. The summed E-state index contributed by atoms with van der Waals surface area (Å²) in [7, 11) is 0. The third-order valence-corrected chi connectivity index (χ3v) is 1.08. The van der Waals surface area contributed by atoms with Crippen molar-refractivity contribution in [2.24, 2.45) is 0 Å². The van der Waals surface area contributed by atoms with Crippen LogP contribution < -0.4 is 0 Å². The molecule has 0 radical (unpaired) electrons. The summed E-state index contributed by atoms with van der Waals surface area (Å²) in [5.74, 6) is 0. The third-order valence-electron chi connectivity index (χ3n) is 1.08. The minimum absolute atomic E-state index is 0.250. The zero-order valence-corrected chi connectivity index (χ0v) is 6.09. The van der Waals surface area contributed by atoms with E-state index in [2.05, 4.69) is 0 Å². The number of aliphatic hydroxyl groups excluding tert-OH is 1. The molecule has 0 aromatic heterocycles. The molecule has 1 N–H and O–H groups in total. The summed E-state index contributed by atoms with van der Waals surface area (Å²) in [6.45, 7) is 4.23. The fourth-order valence-electron chi connectivity index (χ4n) is 0.520. The monoisotopic (exact) mass is 126 g/mol. The first-order valence-corrected chi connectivity index (χ1v) is 3.20. The van der Waals surface area contributed by atoms with Crippen molar-refractivity contribution in [3.05, 3.63) is 23.8 Å². The number of aliphatic hydroxyl groups is 1. The number of rotatable bonds is 3. The van der Waals surface area contributed by atoms with E-state index in [4.69, 9.17) is 5.11 Å². The predicted octanol–water partition coefficient (Wildman–Crippen LogP) is 1.89. The molecule has 0 amide bonds. The molecule has 0 heterocycles. The molecule has 0 aromatic carbocycles. The van der Waals surface area contributed by atoms with E-state index < -0.39 is 0 Å². The minimum atomic E-state index is 0.250. The van der Waals surface area contributed by atoms with Crippen LogP contribution in [-0.4, -0.2) is 11.7 Å². The zero-order chi connectivity index (χ0) is 7.11. The Bertz CT molecular complexity index is 112. The Hall–Kier alpha value is -0.560. The van der Waals surface area contributed by atoms with Crippen molar-refractivity contribution in [3.8, 4) is 0 Å². The normalized spacial score (nSPS) is 13.0. The van der Waals surface area contributed by atoms with Gasteiger partial charge in [-0.3, -0.25) is 0 Å². The van der Waals surface area contributed by atoms with Crippen LogP contribution in [0.4, 0.5) is 0 Å². The second-order valence-corrected chi connectivity index (χ2v) is 2.01. The molecule has 0 aliphatic carbocycles. The van der Waals surface area contributed by atoms with Gasteiger partial charge in [-0.15, -0.1) is 0 Å². The van der Waals surface area contributed by atoms with E-state index in [-0.39, 0.29) is 6.61 Å². The van der Waals surface area contributed by atoms with Crippen LogP contribution in [0, 0.1) is 0 Å². The average molecular weight is 126 g/mol. The lowest BCUT2D eigenvalue weighted by Crippen LogP contribution is -1.81. The molecule has 0 spiro atoms. The van der Waals surface area contributed by atoms with E-state index >= 15 is 0 Å². The molecule has 9 heavy (non-hydrogen) atoms. The summed E-state index contributed by atoms with van der Waals surface area (Å²) < 4.78 is 0. The smallest absolute Gasteiger partial charge is 0.0468 e. The van der Waals surface area contributed by atoms with Gasteiger partial charge in [-0.05, 0) is 20.3 Å². The van der Waals surface area contributed by atoms with Crippen molar-refractivity contribution in [2.45, 2.75) is 20.3 Å². The number of allylic oxidation sites excluding steroid dienone is 3. The van der Waals surface area contributed by atoms with E-state index in [1.165, 1.54) is 5.57 Å². The summed E-state index contributed by atoms with van der Waals surface area (Å²) in [5.41, 5.74) is 1.22. The summed E-state index contributed by atoms with van der Waals surface area (Å²) >= 11 is 0. The summed E-state index contributed by atoms with van der Waals surface area (Å²) in [4.78, 5) is 0. The van der Waals surface area contributed by atoms with Gasteiger partial charge in [0.1, 0.15) is 0 Å². The lowest BCUT2D eigenvalue weighted by atomic mass is 10.2. The highest BCUT2D eigenvalue weighted by atomic mass is 16.2. The van der Waals surface area contributed by atoms with Gasteiger partial charge in [0.05, 0.1) is 0 Å². The molecule has 0 aliphatic heterocycles. The number of hydrogen-bond acceptors (Lipinski definition) is 1. The SMILES string of the molecule is CC=CC=C(C)CCO. The Morgan fingerprint density at radius 3 is 2.67 bits per heavy atom. The first-order valence-electron chi connectivity index (χ1n) is 3.20. The van der Waals surface area contributed by atoms with Crippen LogP contribution >= 0.6 is 0 Å². The Morgan fingerprint density at radius 2 is 2.22 bits per heavy atom. The molecule has 1 nitrogen and oxygen atoms in total. The van der Waals surface area contributed by atoms with Gasteiger partial charge in [-0.25, -0.2) is 0 Å². The van der Waals surface area contributed by atoms with Gasteiger partial charge in [0, 0.05) is 6.61 Å². The fourth-order valence-corrected chi connectivity index (χ4v) is 0.520. The van der Waals surface area contributed by atoms with Crippen molar-refractivity contribution in [2.75, 3.05) is 6.61 Å². The molecule has 0 bridgehead atoms. The van der Waals surface area contributed by atoms with Crippen LogP contribution in [0.25, 0.3) is 0 Å². The summed E-state index contributed by atoms with van der Waals surface area (Å²) in [6.07, 6.45) is 6.74. The van der Waals surface area contributed by atoms with Gasteiger partial charge < -0.3 is 5.11 Å². The molecule has 0 fully saturated rings. The van der Waals surface area contributed by atoms with Crippen LogP contribution in [0.2, 0.25) is 0 Å². The highest BCUT2D eigenvalue weighted by Crippen LogP contribution is 1.97. The van der Waals surface area contributed by atoms with Crippen molar-refractivity contribution in [3.63, 3.8) is 0 Å². The Morgan fingerprint density at radius 1 is 1.56 bits per heavy atom. The van der Waals surface area contributed by atoms with E-state index in [1.54, 1.807) is 0 Å². The van der Waals surface area contributed by atoms with Crippen molar-refractivity contribution >= 4 is 0 Å². The second-order valence-electron chi connectivity index (χ2n) is 2.01. The van der Waals surface area contributed by atoms with Gasteiger partial charge in [-0.1, -0.05) is 23.8 Å². The molecular formula is C8H14O. The first kappa shape index (κ1) is 8.44. The molecule has 0 unspecified atom stereocenters. The van der Waals surface area contributed by atoms with Gasteiger partial charge in [-0.2, -0.15) is 0 Å². The standard InChI is InChI=1S/C8H14O/c1-3-4-5-8(2)6-7-9/h3-5,9H,6-7H2,1-2H3. The largest absolute Gasteiger partial charge is 0.396 e. The molecule has 0 saturated carbocycles. The molecule has 1 heteroatoms. The van der Waals surface area contributed by atoms with E-state index in [1.807, 2.05) is 32.1 Å². The quantitative estimate of drug-likeness (QED) is 0.572. The Labute approximate surface area is 56.7 Å². The van der Waals surface area contributed by atoms with Crippen LogP contribution in [0.15, 0.2) is 23.8 Å². The molecule has 52 valence electrons. The highest BCUT2D eigenvalue weighted by Gasteiger charge is 1.82. The maximum absolute atomic E-state index is 8.47. The van der Waals surface area contributed by atoms with E-state index in [0.29, 0.717) is 0 Å². The van der Waals surface area contributed by atoms with Crippen molar-refractivity contribution in [1.82, 2.24) is 0 Å². The van der Waals surface area contributed by atoms with Gasteiger partial charge in [0.15, 0.2) is 0 Å². The van der Waals surface area contributed by atoms with Crippen LogP contribution in [0.1, 0.15) is 20.3 Å². The second kappa shape index (κ2) is 5.57. The molecule has 0 atom stereocenters. The molecule has 0 aliphatic rings. The van der Waals surface area contributed by atoms with Crippen molar-refractivity contribution in [1.29, 1.82) is 0 Å². The van der Waals surface area contributed by atoms with Crippen LogP contribution in [-0.2, 0) is 0 Å². The van der Waals surface area contributed by atoms with Crippen LogP contribution in [0.5, 0.6) is 0 Å². The fraction of sp³-hybridized carbons (Fsp3) is 0.500. The zero-order valence-electron chi connectivity index (χ0n) is 6.09. The third kappa shape index (κ3) is 5.31. The summed E-state index contributed by atoms with van der Waals surface area (Å²) in [5, 5.41) is 8.47. The van der Waals surface area contributed by atoms with Gasteiger partial charge in [0.2, 0.25) is 0 Å². The van der Waals surface area contributed by atoms with Crippen molar-refractivity contribution < 1.29 is 5.11 Å². The van der Waals surface area contributed by atoms with E-state index in [9.17, 15) is 0 Å². The summed E-state index contributed by atoms with van der Waals surface area (Å²) in [6, 6.07) is 0. The molecular weight excluding hydrogens is 112 g/mol. The average Bonchev–Trinajstić information content (AvgIpc) is 1.85. The Balaban J connectivity index is 3.55. The number of hydrogen-bond donors (Lipinski definition) is 1. The predicted molar refractivity (Wildman–Crippen MR) is 40.3 cm³/mol. The molecule has 0 rings (SSSR count). The molecule has 0 aromatic rings. The van der Waals surface area contributed by atoms with E-state index in [0.717, 1.165) is 6.42 Å². The van der Waals surface area contributed by atoms with Gasteiger partial charge >= 0.3 is 0 Å². The van der Waals surface area contributed by atoms with Crippen LogP contribution in [0.3, 0.4) is 0 Å².